The Morgan fingerprint density at radius 1 is 0.818 bits per heavy atom. The Morgan fingerprint density at radius 3 is 1.48 bits per heavy atom. The fourth-order valence-corrected chi connectivity index (χ4v) is 3.01. The number of hydrazine groups is 2. The van der Waals surface area contributed by atoms with Crippen LogP contribution in [-0.2, 0) is 17.9 Å². The molecule has 2 heterocycles. The van der Waals surface area contributed by atoms with Gasteiger partial charge in [0.2, 0.25) is 0 Å². The second-order valence-electron chi connectivity index (χ2n) is 8.87. The van der Waals surface area contributed by atoms with Crippen molar-refractivity contribution in [1.29, 1.82) is 5.41 Å². The molecule has 44 heavy (non-hydrogen) atoms. The second-order valence-corrected chi connectivity index (χ2v) is 8.87. The molecule has 8 N–H and O–H groups in total. The molecule has 0 radical (unpaired) electrons. The zero-order valence-electron chi connectivity index (χ0n) is 24.0. The highest BCUT2D eigenvalue weighted by Crippen LogP contribution is 2.02. The zero-order valence-corrected chi connectivity index (χ0v) is 24.0. The first-order valence-electron chi connectivity index (χ1n) is 12.8. The number of benzene rings is 2. The Bertz CT molecular complexity index is 1350. The smallest absolute Gasteiger partial charge is 0.323 e. The number of carbonyl (C=O) groups is 3. The van der Waals surface area contributed by atoms with E-state index in [1.165, 1.54) is 7.05 Å². The van der Waals surface area contributed by atoms with Gasteiger partial charge in [-0.25, -0.2) is 10.9 Å². The molecule has 16 heteroatoms. The summed E-state index contributed by atoms with van der Waals surface area (Å²) in [4.78, 5) is 34.2. The number of nitrogens with one attached hydrogen (secondary N) is 5. The van der Waals surface area contributed by atoms with Crippen LogP contribution in [0.5, 0.6) is 0 Å². The predicted octanol–water partition coefficient (Wildman–Crippen LogP) is 0.815. The molecule has 0 atom stereocenters. The van der Waals surface area contributed by atoms with Crippen LogP contribution >= 0.6 is 0 Å². The molecule has 2 aromatic carbocycles. The molecule has 0 aliphatic rings. The van der Waals surface area contributed by atoms with Gasteiger partial charge in [0.15, 0.2) is 17.3 Å². The van der Waals surface area contributed by atoms with Crippen molar-refractivity contribution in [3.05, 3.63) is 107 Å². The minimum Gasteiger partial charge on any atom is -0.480 e. The van der Waals surface area contributed by atoms with E-state index in [0.29, 0.717) is 24.6 Å². The van der Waals surface area contributed by atoms with Crippen LogP contribution in [0.15, 0.2) is 81.8 Å². The summed E-state index contributed by atoms with van der Waals surface area (Å²) in [6, 6.07) is 22.7. The summed E-state index contributed by atoms with van der Waals surface area (Å²) in [5.74, 6) is -0.628. The third kappa shape index (κ3) is 14.9. The molecule has 0 bridgehead atoms. The lowest BCUT2D eigenvalue weighted by molar-refractivity contribution is -0.137. The van der Waals surface area contributed by atoms with E-state index in [4.69, 9.17) is 25.3 Å². The lowest BCUT2D eigenvalue weighted by Gasteiger charge is -2.12. The van der Waals surface area contributed by atoms with Gasteiger partial charge >= 0.3 is 29.0 Å². The van der Waals surface area contributed by atoms with Crippen LogP contribution in [0.25, 0.3) is 0 Å². The first-order valence-corrected chi connectivity index (χ1v) is 12.8. The van der Waals surface area contributed by atoms with Gasteiger partial charge in [-0.1, -0.05) is 71.0 Å². The number of carboxylic acids is 1. The monoisotopic (exact) mass is 619 g/mol. The number of aryl methyl sites for hydroxylation is 2. The predicted molar refractivity (Wildman–Crippen MR) is 165 cm³/mol. The Kier molecular flexibility index (Phi) is 17.1. The van der Waals surface area contributed by atoms with E-state index in [9.17, 15) is 14.4 Å². The topological polar surface area (TPSA) is 225 Å². The van der Waals surface area contributed by atoms with Gasteiger partial charge < -0.3 is 24.8 Å². The maximum Gasteiger partial charge on any atom is 0.323 e. The lowest BCUT2D eigenvalue weighted by Crippen LogP contribution is -2.36. The molecule has 0 saturated heterocycles. The largest absolute Gasteiger partial charge is 0.480 e. The van der Waals surface area contributed by atoms with E-state index in [0.717, 1.165) is 16.0 Å². The number of likely N-dealkylation sites (N-methyl/N-ethyl adjacent to an activating group) is 1. The quantitative estimate of drug-likeness (QED) is 0.0567. The number of nitrogens with two attached hydrogens (primary N) is 1. The Hall–Kier alpha value is -4.77. The molecule has 0 spiro atoms. The summed E-state index contributed by atoms with van der Waals surface area (Å²) >= 11 is 0. The summed E-state index contributed by atoms with van der Waals surface area (Å²) in [5, 5.41) is 22.1. The molecule has 4 rings (SSSR count). The van der Waals surface area contributed by atoms with Gasteiger partial charge in [0.25, 0.3) is 11.8 Å². The third-order valence-corrected chi connectivity index (χ3v) is 5.18. The highest BCUT2D eigenvalue weighted by Gasteiger charge is 2.10. The van der Waals surface area contributed by atoms with Gasteiger partial charge in [0.05, 0.1) is 0 Å². The standard InChI is InChI=1S/2C12H13N3O2.C4H9N3O2.Mg.2H/c2*1-9-7-11(15-17-9)12(16)14-13-8-10-5-3-2-4-6-10;1-7(4(5)6)2-3(8)9;;;/h2*2-7,13H,8H2,1H3,(H,14,16);2H2,1H3,(H3,5,6)(H,8,9);;;. The molecule has 0 fully saturated rings. The van der Waals surface area contributed by atoms with Crippen molar-refractivity contribution >= 4 is 46.8 Å². The molecule has 15 nitrogen and oxygen atoms in total. The normalized spacial score (nSPS) is 9.61. The van der Waals surface area contributed by atoms with Crippen LogP contribution in [0.2, 0.25) is 0 Å². The number of hydrogen-bond acceptors (Lipinski definition) is 10. The van der Waals surface area contributed by atoms with Gasteiger partial charge in [-0.15, -0.1) is 0 Å². The fraction of sp³-hybridized carbons (Fsp3) is 0.214. The van der Waals surface area contributed by atoms with Crippen molar-refractivity contribution in [2.24, 2.45) is 5.73 Å². The van der Waals surface area contributed by atoms with Crippen molar-refractivity contribution in [3.63, 3.8) is 0 Å². The van der Waals surface area contributed by atoms with Gasteiger partial charge in [-0.2, -0.15) is 0 Å². The zero-order chi connectivity index (χ0) is 31.6. The first kappa shape index (κ1) is 37.3. The fourth-order valence-electron chi connectivity index (χ4n) is 3.01. The Balaban J connectivity index is 0.000000344. The van der Waals surface area contributed by atoms with Crippen LogP contribution in [0.3, 0.4) is 0 Å². The van der Waals surface area contributed by atoms with Crippen LogP contribution < -0.4 is 27.4 Å². The SMILES string of the molecule is CN(CC(=O)O)C(=N)N.Cc1cc(C(=O)NNCc2ccccc2)no1.Cc1cc(C(=O)NNCc2ccccc2)no1.[MgH2]. The third-order valence-electron chi connectivity index (χ3n) is 5.18. The van der Waals surface area contributed by atoms with Crippen LogP contribution in [0, 0.1) is 19.3 Å². The summed E-state index contributed by atoms with van der Waals surface area (Å²) in [6.45, 7) is 4.37. The molecule has 0 saturated carbocycles. The summed E-state index contributed by atoms with van der Waals surface area (Å²) in [7, 11) is 1.44. The van der Waals surface area contributed by atoms with Crippen LogP contribution in [-0.4, -0.2) is 80.7 Å². The highest BCUT2D eigenvalue weighted by molar-refractivity contribution is 5.92. The van der Waals surface area contributed by atoms with Crippen molar-refractivity contribution in [2.45, 2.75) is 26.9 Å². The Morgan fingerprint density at radius 2 is 1.20 bits per heavy atom. The summed E-state index contributed by atoms with van der Waals surface area (Å²) in [5.41, 5.74) is 18.4. The molecular formula is C28H37MgN9O6. The molecular weight excluding hydrogens is 583 g/mol. The van der Waals surface area contributed by atoms with Crippen molar-refractivity contribution in [2.75, 3.05) is 13.6 Å². The van der Waals surface area contributed by atoms with Crippen molar-refractivity contribution in [3.8, 4) is 0 Å². The van der Waals surface area contributed by atoms with Crippen LogP contribution in [0.1, 0.15) is 43.6 Å². The van der Waals surface area contributed by atoms with E-state index in [2.05, 4.69) is 32.0 Å². The van der Waals surface area contributed by atoms with Crippen molar-refractivity contribution in [1.82, 2.24) is 36.9 Å². The number of hydrogen-bond donors (Lipinski definition) is 7. The van der Waals surface area contributed by atoms with Gasteiger partial charge in [0, 0.05) is 32.3 Å². The minimum atomic E-state index is -0.993. The average molecular weight is 620 g/mol. The molecule has 0 unspecified atom stereocenters. The number of guanidine groups is 1. The maximum atomic E-state index is 11.6. The Labute approximate surface area is 270 Å². The molecule has 0 aliphatic heterocycles. The molecule has 232 valence electrons. The van der Waals surface area contributed by atoms with E-state index in [-0.39, 0.29) is 58.8 Å². The lowest BCUT2D eigenvalue weighted by atomic mass is 10.2. The number of nitrogens with zero attached hydrogens (tertiary/aromatic N) is 3. The molecule has 2 aromatic heterocycles. The van der Waals surface area contributed by atoms with Gasteiger partial charge in [-0.05, 0) is 25.0 Å². The summed E-state index contributed by atoms with van der Waals surface area (Å²) < 4.78 is 9.62. The van der Waals surface area contributed by atoms with Crippen molar-refractivity contribution < 1.29 is 28.5 Å². The number of aromatic nitrogens is 2. The molecule has 4 aromatic rings. The van der Waals surface area contributed by atoms with E-state index in [1.54, 1.807) is 26.0 Å². The average Bonchev–Trinajstić information content (AvgIpc) is 3.63. The minimum absolute atomic E-state index is 0. The highest BCUT2D eigenvalue weighted by atomic mass is 24.3. The van der Waals surface area contributed by atoms with E-state index in [1.807, 2.05) is 60.7 Å². The van der Waals surface area contributed by atoms with Crippen LogP contribution in [0.4, 0.5) is 0 Å². The number of aliphatic carboxylic acids is 1. The van der Waals surface area contributed by atoms with E-state index >= 15 is 0 Å². The molecule has 2 amide bonds. The maximum absolute atomic E-state index is 11.6. The second kappa shape index (κ2) is 20.2. The number of rotatable bonds is 10. The molecule has 0 aliphatic carbocycles. The van der Waals surface area contributed by atoms with Gasteiger partial charge in [0.1, 0.15) is 18.1 Å². The number of amides is 2. The number of carboxylic acid groups (broad SMARTS) is 1. The first-order chi connectivity index (χ1) is 20.5. The van der Waals surface area contributed by atoms with Gasteiger partial charge in [-0.3, -0.25) is 30.6 Å². The number of carbonyl (C=O) groups excluding carboxylic acids is 2. The van der Waals surface area contributed by atoms with E-state index < -0.39 is 5.97 Å². The summed E-state index contributed by atoms with van der Waals surface area (Å²) in [6.07, 6.45) is 0.